The number of carbonyl (C=O) groups excluding carboxylic acids is 1. The molecule has 2 aliphatic heterocycles. The number of hydrogen-bond acceptors (Lipinski definition) is 16. The van der Waals surface area contributed by atoms with Crippen molar-refractivity contribution in [2.45, 2.75) is 42.4 Å². The van der Waals surface area contributed by atoms with Gasteiger partial charge in [-0.1, -0.05) is 6.07 Å². The third kappa shape index (κ3) is 7.78. The van der Waals surface area contributed by atoms with Crippen LogP contribution in [0.25, 0.3) is 22.1 Å². The number of aromatic nitrogens is 9. The van der Waals surface area contributed by atoms with Crippen LogP contribution >= 0.6 is 0 Å². The van der Waals surface area contributed by atoms with Crippen LogP contribution in [0.5, 0.6) is 0 Å². The summed E-state index contributed by atoms with van der Waals surface area (Å²) in [6.45, 7) is 3.14. The van der Waals surface area contributed by atoms with Gasteiger partial charge in [0.1, 0.15) is 52.2 Å². The van der Waals surface area contributed by atoms with Crippen molar-refractivity contribution in [2.75, 3.05) is 60.7 Å². The van der Waals surface area contributed by atoms with Crippen LogP contribution in [0.2, 0.25) is 0 Å². The summed E-state index contributed by atoms with van der Waals surface area (Å²) >= 11 is 0. The lowest BCUT2D eigenvalue weighted by molar-refractivity contribution is 0.0957. The Labute approximate surface area is 311 Å². The number of rotatable bonds is 6. The van der Waals surface area contributed by atoms with E-state index < -0.39 is 9.84 Å². The van der Waals surface area contributed by atoms with Gasteiger partial charge >= 0.3 is 0 Å². The molecule has 0 saturated carbocycles. The van der Waals surface area contributed by atoms with Gasteiger partial charge in [0.05, 0.1) is 16.7 Å². The largest absolute Gasteiger partial charge is 0.382 e. The van der Waals surface area contributed by atoms with Crippen molar-refractivity contribution >= 4 is 61.1 Å². The average molecular weight is 749 g/mol. The van der Waals surface area contributed by atoms with Crippen LogP contribution in [-0.4, -0.2) is 98.7 Å². The Hall–Kier alpha value is -6.17. The highest BCUT2D eigenvalue weighted by molar-refractivity contribution is 7.90. The molecule has 2 fully saturated rings. The normalized spacial score (nSPS) is 17.5. The van der Waals surface area contributed by atoms with Gasteiger partial charge in [-0.2, -0.15) is 0 Å². The van der Waals surface area contributed by atoms with Crippen LogP contribution in [-0.2, 0) is 9.84 Å². The van der Waals surface area contributed by atoms with E-state index in [0.29, 0.717) is 46.1 Å². The average Bonchev–Trinajstić information content (AvgIpc) is 3.21. The van der Waals surface area contributed by atoms with Crippen molar-refractivity contribution in [3.8, 4) is 0 Å². The van der Waals surface area contributed by atoms with E-state index >= 15 is 0 Å². The van der Waals surface area contributed by atoms with Crippen molar-refractivity contribution in [2.24, 2.45) is 0 Å². The lowest BCUT2D eigenvalue weighted by atomic mass is 9.94. The van der Waals surface area contributed by atoms with Gasteiger partial charge in [0.2, 0.25) is 0 Å². The quantitative estimate of drug-likeness (QED) is 0.222. The van der Waals surface area contributed by atoms with Gasteiger partial charge in [0, 0.05) is 63.2 Å². The number of nitrogen functional groups attached to an aromatic ring is 2. The Morgan fingerprint density at radius 2 is 1.35 bits per heavy atom. The van der Waals surface area contributed by atoms with Gasteiger partial charge in [-0.3, -0.25) is 4.79 Å². The highest BCUT2D eigenvalue weighted by atomic mass is 32.2. The van der Waals surface area contributed by atoms with Gasteiger partial charge in [0.25, 0.3) is 5.91 Å². The predicted octanol–water partition coefficient (Wildman–Crippen LogP) is 2.93. The fraction of sp³-hybridized carbons (Fsp3) is 0.333. The molecule has 5 N–H and O–H groups in total. The van der Waals surface area contributed by atoms with Gasteiger partial charge in [-0.15, -0.1) is 0 Å². The standard InChI is InChI=1S/C19H21N7O.C17H19N7O2S/c1-21-19(27)15-6-2-5-13(24-15)12-4-3-9-26(10-12)16-8-7-14-17(25-16)18(20)23-11-22-14;1-27(25,26)13-7-19-9-21-15(13)11-3-2-6-24(8-11)14-5-4-12-16(23-14)17(18)22-10-20-12/h2,5-8,11-12H,3-4,9-10H2,1H3,(H,21,27)(H2,20,22,23);4-5,7,9-11H,2-3,6,8H2,1H3,(H2,18,20,22). The maximum absolute atomic E-state index is 12.1. The minimum Gasteiger partial charge on any atom is -0.382 e. The summed E-state index contributed by atoms with van der Waals surface area (Å²) in [4.78, 5) is 54.8. The first-order chi connectivity index (χ1) is 26.1. The Balaban J connectivity index is 0.000000167. The number of anilines is 4. The van der Waals surface area contributed by atoms with Crippen molar-refractivity contribution < 1.29 is 13.2 Å². The number of fused-ring (bicyclic) bond motifs is 2. The summed E-state index contributed by atoms with van der Waals surface area (Å²) < 4.78 is 24.2. The molecular formula is C36H40N14O3S. The lowest BCUT2D eigenvalue weighted by Crippen LogP contribution is -2.35. The molecule has 0 aliphatic carbocycles. The molecule has 2 aliphatic rings. The van der Waals surface area contributed by atoms with Crippen LogP contribution < -0.4 is 26.6 Å². The number of pyridine rings is 3. The fourth-order valence-electron chi connectivity index (χ4n) is 6.94. The van der Waals surface area contributed by atoms with E-state index in [-0.39, 0.29) is 22.6 Å². The second kappa shape index (κ2) is 15.4. The zero-order valence-electron chi connectivity index (χ0n) is 29.9. The molecule has 1 amide bonds. The molecule has 0 bridgehead atoms. The van der Waals surface area contributed by atoms with Crippen LogP contribution in [0.3, 0.4) is 0 Å². The summed E-state index contributed by atoms with van der Waals surface area (Å²) in [5.41, 5.74) is 16.4. The van der Waals surface area contributed by atoms with Crippen molar-refractivity contribution in [3.63, 3.8) is 0 Å². The van der Waals surface area contributed by atoms with E-state index in [2.05, 4.69) is 60.0 Å². The number of amides is 1. The van der Waals surface area contributed by atoms with Gasteiger partial charge in [0.15, 0.2) is 21.5 Å². The van der Waals surface area contributed by atoms with E-state index in [0.717, 1.165) is 68.2 Å². The summed E-state index contributed by atoms with van der Waals surface area (Å²) in [5.74, 6) is 2.40. The molecule has 17 nitrogen and oxygen atoms in total. The zero-order chi connectivity index (χ0) is 37.8. The summed E-state index contributed by atoms with van der Waals surface area (Å²) in [6, 6.07) is 13.3. The van der Waals surface area contributed by atoms with E-state index in [1.165, 1.54) is 31.4 Å². The van der Waals surface area contributed by atoms with E-state index in [9.17, 15) is 13.2 Å². The predicted molar refractivity (Wildman–Crippen MR) is 205 cm³/mol. The zero-order valence-corrected chi connectivity index (χ0v) is 30.7. The Kier molecular flexibility index (Phi) is 10.3. The first kappa shape index (κ1) is 36.2. The highest BCUT2D eigenvalue weighted by Gasteiger charge is 2.29. The number of nitrogens with zero attached hydrogens (tertiary/aromatic N) is 11. The Morgan fingerprint density at radius 3 is 1.94 bits per heavy atom. The molecule has 6 aromatic rings. The third-order valence-electron chi connectivity index (χ3n) is 9.62. The maximum Gasteiger partial charge on any atom is 0.269 e. The van der Waals surface area contributed by atoms with Crippen LogP contribution in [0, 0.1) is 0 Å². The summed E-state index contributed by atoms with van der Waals surface area (Å²) in [7, 11) is -1.78. The minimum absolute atomic E-state index is 0.0201. The molecule has 0 aromatic carbocycles. The number of piperidine rings is 2. The Morgan fingerprint density at radius 1 is 0.759 bits per heavy atom. The maximum atomic E-state index is 12.1. The first-order valence-corrected chi connectivity index (χ1v) is 19.4. The Bertz CT molecular complexity index is 2430. The van der Waals surface area contributed by atoms with Crippen LogP contribution in [0.15, 0.2) is 72.5 Å². The molecule has 2 atom stereocenters. The fourth-order valence-corrected chi connectivity index (χ4v) is 7.79. The molecule has 6 aromatic heterocycles. The van der Waals surface area contributed by atoms with Gasteiger partial charge in [-0.05, 0) is 62.1 Å². The number of sulfone groups is 1. The van der Waals surface area contributed by atoms with E-state index in [4.69, 9.17) is 11.5 Å². The molecule has 18 heteroatoms. The van der Waals surface area contributed by atoms with Crippen molar-refractivity contribution in [1.29, 1.82) is 0 Å². The van der Waals surface area contributed by atoms with Gasteiger partial charge < -0.3 is 26.6 Å². The second-order valence-corrected chi connectivity index (χ2v) is 15.2. The van der Waals surface area contributed by atoms with Gasteiger partial charge in [-0.25, -0.2) is 53.3 Å². The molecule has 0 radical (unpaired) electrons. The molecule has 2 saturated heterocycles. The molecule has 8 rings (SSSR count). The second-order valence-electron chi connectivity index (χ2n) is 13.2. The first-order valence-electron chi connectivity index (χ1n) is 17.5. The molecule has 2 unspecified atom stereocenters. The molecule has 0 spiro atoms. The van der Waals surface area contributed by atoms with Crippen molar-refractivity contribution in [3.05, 3.63) is 84.7 Å². The monoisotopic (exact) mass is 748 g/mol. The summed E-state index contributed by atoms with van der Waals surface area (Å²) in [5, 5.41) is 2.62. The SMILES string of the molecule is CNC(=O)c1cccc(C2CCCN(c3ccc4ncnc(N)c4n3)C2)n1.CS(=O)(=O)c1cncnc1C1CCCN(c2ccc3ncnc(N)c3n2)C1. The molecule has 54 heavy (non-hydrogen) atoms. The van der Waals surface area contributed by atoms with Crippen molar-refractivity contribution in [1.82, 2.24) is 50.2 Å². The summed E-state index contributed by atoms with van der Waals surface area (Å²) in [6.07, 6.45) is 10.6. The smallest absolute Gasteiger partial charge is 0.269 e. The topological polar surface area (TPSA) is 238 Å². The third-order valence-corrected chi connectivity index (χ3v) is 10.7. The van der Waals surface area contributed by atoms with Crippen LogP contribution in [0.4, 0.5) is 23.3 Å². The lowest BCUT2D eigenvalue weighted by Gasteiger charge is -2.33. The molecular weight excluding hydrogens is 709 g/mol. The molecule has 278 valence electrons. The van der Waals surface area contributed by atoms with E-state index in [1.807, 2.05) is 36.4 Å². The molecule has 8 heterocycles. The van der Waals surface area contributed by atoms with Crippen LogP contribution in [0.1, 0.15) is 59.4 Å². The number of nitrogens with one attached hydrogen (secondary N) is 1. The highest BCUT2D eigenvalue weighted by Crippen LogP contribution is 2.33. The van der Waals surface area contributed by atoms with E-state index in [1.54, 1.807) is 13.1 Å². The number of hydrogen-bond donors (Lipinski definition) is 3. The number of nitrogens with two attached hydrogens (primary N) is 2. The number of carbonyl (C=O) groups is 1. The minimum atomic E-state index is -3.39.